The third kappa shape index (κ3) is 3.68. The molecule has 3 N–H and O–H groups in total. The molecule has 3 aromatic rings. The number of H-pyrrole nitrogens is 1. The smallest absolute Gasteiger partial charge is 0.103 e. The molecular weight excluding hydrogens is 336 g/mol. The van der Waals surface area contributed by atoms with E-state index in [0.717, 1.165) is 41.4 Å². The molecule has 0 bridgehead atoms. The summed E-state index contributed by atoms with van der Waals surface area (Å²) in [7, 11) is 0. The number of benzene rings is 1. The molecule has 2 aromatic heterocycles. The molecule has 0 saturated carbocycles. The third-order valence-corrected chi connectivity index (χ3v) is 5.60. The molecule has 3 heterocycles. The number of imidazole rings is 2. The Bertz CT molecular complexity index is 871. The molecular formula is C21H28N6. The minimum atomic E-state index is 0.511. The first-order chi connectivity index (χ1) is 13.1. The van der Waals surface area contributed by atoms with E-state index in [4.69, 9.17) is 4.98 Å². The standard InChI is InChI=1S/C21H28N6/c1-14-18(15(2)26-25-14)10-7-11-27-13-23-20(17-8-5-4-6-9-17)21(27)19-12-22-16(3)24-19/h4-6,8-9,12-15,18,25-26H,7,10-11H2,1-3H3,(H,22,24). The summed E-state index contributed by atoms with van der Waals surface area (Å²) in [5.41, 5.74) is 11.0. The highest BCUT2D eigenvalue weighted by Gasteiger charge is 2.29. The molecule has 1 aliphatic rings. The predicted molar refractivity (Wildman–Crippen MR) is 108 cm³/mol. The average molecular weight is 364 g/mol. The lowest BCUT2D eigenvalue weighted by molar-refractivity contribution is 0.390. The van der Waals surface area contributed by atoms with Crippen molar-refractivity contribution in [3.8, 4) is 22.6 Å². The molecule has 142 valence electrons. The van der Waals surface area contributed by atoms with Gasteiger partial charge in [0.25, 0.3) is 0 Å². The van der Waals surface area contributed by atoms with Crippen LogP contribution in [0.15, 0.2) is 42.9 Å². The Morgan fingerprint density at radius 3 is 2.44 bits per heavy atom. The second kappa shape index (κ2) is 7.66. The molecule has 2 atom stereocenters. The molecule has 0 amide bonds. The second-order valence-corrected chi connectivity index (χ2v) is 7.56. The van der Waals surface area contributed by atoms with Crippen LogP contribution in [0.5, 0.6) is 0 Å². The zero-order chi connectivity index (χ0) is 18.8. The van der Waals surface area contributed by atoms with Gasteiger partial charge in [-0.2, -0.15) is 0 Å². The van der Waals surface area contributed by atoms with E-state index in [1.807, 2.05) is 25.5 Å². The maximum Gasteiger partial charge on any atom is 0.103 e. The summed E-state index contributed by atoms with van der Waals surface area (Å²) in [5.74, 6) is 1.57. The van der Waals surface area contributed by atoms with Gasteiger partial charge in [0.15, 0.2) is 0 Å². The van der Waals surface area contributed by atoms with Crippen LogP contribution in [0.2, 0.25) is 0 Å². The zero-order valence-electron chi connectivity index (χ0n) is 16.2. The molecule has 0 spiro atoms. The molecule has 6 nitrogen and oxygen atoms in total. The SMILES string of the molecule is Cc1ncc(-c2c(-c3ccccc3)ncn2CCCC2C(C)NNC2C)[nH]1. The van der Waals surface area contributed by atoms with Crippen LogP contribution in [-0.2, 0) is 6.54 Å². The summed E-state index contributed by atoms with van der Waals surface area (Å²) in [5, 5.41) is 0. The van der Waals surface area contributed by atoms with Gasteiger partial charge in [0.05, 0.1) is 29.6 Å². The normalized spacial score (nSPS) is 22.4. The molecule has 1 aliphatic heterocycles. The van der Waals surface area contributed by atoms with Gasteiger partial charge in [-0.1, -0.05) is 30.3 Å². The minimum absolute atomic E-state index is 0.511. The van der Waals surface area contributed by atoms with E-state index < -0.39 is 0 Å². The monoisotopic (exact) mass is 364 g/mol. The predicted octanol–water partition coefficient (Wildman–Crippen LogP) is 3.53. The van der Waals surface area contributed by atoms with Gasteiger partial charge in [0.2, 0.25) is 0 Å². The fraction of sp³-hybridized carbons (Fsp3) is 0.429. The highest BCUT2D eigenvalue weighted by atomic mass is 15.4. The van der Waals surface area contributed by atoms with Crippen molar-refractivity contribution in [2.75, 3.05) is 0 Å². The molecule has 2 unspecified atom stereocenters. The summed E-state index contributed by atoms with van der Waals surface area (Å²) in [6.45, 7) is 7.44. The Labute approximate surface area is 160 Å². The summed E-state index contributed by atoms with van der Waals surface area (Å²) < 4.78 is 2.26. The fourth-order valence-electron chi connectivity index (χ4n) is 4.09. The van der Waals surface area contributed by atoms with Crippen LogP contribution in [-0.4, -0.2) is 31.6 Å². The van der Waals surface area contributed by atoms with Gasteiger partial charge in [-0.05, 0) is 39.5 Å². The Balaban J connectivity index is 1.58. The number of nitrogens with one attached hydrogen (secondary N) is 3. The minimum Gasteiger partial charge on any atom is -0.341 e. The highest BCUT2D eigenvalue weighted by Crippen LogP contribution is 2.31. The topological polar surface area (TPSA) is 70.6 Å². The van der Waals surface area contributed by atoms with Gasteiger partial charge < -0.3 is 9.55 Å². The number of aromatic nitrogens is 4. The van der Waals surface area contributed by atoms with Crippen molar-refractivity contribution in [2.45, 2.75) is 52.2 Å². The first-order valence-corrected chi connectivity index (χ1v) is 9.77. The lowest BCUT2D eigenvalue weighted by atomic mass is 9.92. The van der Waals surface area contributed by atoms with E-state index in [-0.39, 0.29) is 0 Å². The Morgan fingerprint density at radius 2 is 1.78 bits per heavy atom. The molecule has 1 saturated heterocycles. The Hall–Kier alpha value is -2.44. The number of hydrogen-bond donors (Lipinski definition) is 3. The van der Waals surface area contributed by atoms with E-state index >= 15 is 0 Å². The largest absolute Gasteiger partial charge is 0.341 e. The first-order valence-electron chi connectivity index (χ1n) is 9.77. The fourth-order valence-corrected chi connectivity index (χ4v) is 4.09. The van der Waals surface area contributed by atoms with Crippen LogP contribution in [0, 0.1) is 12.8 Å². The van der Waals surface area contributed by atoms with Gasteiger partial charge in [-0.15, -0.1) is 0 Å². The molecule has 0 radical (unpaired) electrons. The van der Waals surface area contributed by atoms with E-state index in [0.29, 0.717) is 18.0 Å². The van der Waals surface area contributed by atoms with Crippen LogP contribution in [0.4, 0.5) is 0 Å². The Morgan fingerprint density at radius 1 is 1.04 bits per heavy atom. The van der Waals surface area contributed by atoms with Gasteiger partial charge >= 0.3 is 0 Å². The quantitative estimate of drug-likeness (QED) is 0.626. The van der Waals surface area contributed by atoms with Crippen molar-refractivity contribution in [1.82, 2.24) is 30.4 Å². The van der Waals surface area contributed by atoms with E-state index in [2.05, 4.69) is 63.5 Å². The van der Waals surface area contributed by atoms with Gasteiger partial charge in [-0.3, -0.25) is 10.9 Å². The first kappa shape index (κ1) is 17.9. The van der Waals surface area contributed by atoms with Crippen LogP contribution in [0.3, 0.4) is 0 Å². The Kier molecular flexibility index (Phi) is 5.09. The number of nitrogens with zero attached hydrogens (tertiary/aromatic N) is 3. The number of hydrazine groups is 1. The number of aromatic amines is 1. The zero-order valence-corrected chi connectivity index (χ0v) is 16.2. The summed E-state index contributed by atoms with van der Waals surface area (Å²) in [6, 6.07) is 11.4. The summed E-state index contributed by atoms with van der Waals surface area (Å²) in [4.78, 5) is 12.5. The lowest BCUT2D eigenvalue weighted by Crippen LogP contribution is -2.30. The second-order valence-electron chi connectivity index (χ2n) is 7.56. The number of rotatable bonds is 6. The van der Waals surface area contributed by atoms with Crippen molar-refractivity contribution < 1.29 is 0 Å². The average Bonchev–Trinajstić information content (AvgIpc) is 3.37. The third-order valence-electron chi connectivity index (χ3n) is 5.60. The lowest BCUT2D eigenvalue weighted by Gasteiger charge is -2.18. The van der Waals surface area contributed by atoms with E-state index in [9.17, 15) is 0 Å². The molecule has 6 heteroatoms. The molecule has 0 aliphatic carbocycles. The van der Waals surface area contributed by atoms with Gasteiger partial charge in [-0.25, -0.2) is 9.97 Å². The van der Waals surface area contributed by atoms with Gasteiger partial charge in [0, 0.05) is 24.2 Å². The van der Waals surface area contributed by atoms with Crippen LogP contribution in [0.25, 0.3) is 22.6 Å². The van der Waals surface area contributed by atoms with E-state index in [1.165, 1.54) is 6.42 Å². The highest BCUT2D eigenvalue weighted by molar-refractivity contribution is 5.76. The summed E-state index contributed by atoms with van der Waals surface area (Å²) >= 11 is 0. The van der Waals surface area contributed by atoms with Gasteiger partial charge in [0.1, 0.15) is 5.82 Å². The maximum absolute atomic E-state index is 4.74. The van der Waals surface area contributed by atoms with Crippen molar-refractivity contribution in [3.05, 3.63) is 48.7 Å². The van der Waals surface area contributed by atoms with Crippen LogP contribution < -0.4 is 10.9 Å². The van der Waals surface area contributed by atoms with Crippen molar-refractivity contribution in [1.29, 1.82) is 0 Å². The maximum atomic E-state index is 4.74. The number of hydrogen-bond acceptors (Lipinski definition) is 4. The van der Waals surface area contributed by atoms with Crippen molar-refractivity contribution in [2.24, 2.45) is 5.92 Å². The van der Waals surface area contributed by atoms with Crippen molar-refractivity contribution >= 4 is 0 Å². The summed E-state index contributed by atoms with van der Waals surface area (Å²) in [6.07, 6.45) is 6.17. The van der Waals surface area contributed by atoms with Crippen molar-refractivity contribution in [3.63, 3.8) is 0 Å². The molecule has 4 rings (SSSR count). The van der Waals surface area contributed by atoms with Crippen LogP contribution in [0.1, 0.15) is 32.5 Å². The molecule has 27 heavy (non-hydrogen) atoms. The molecule has 1 aromatic carbocycles. The molecule has 1 fully saturated rings. The van der Waals surface area contributed by atoms with E-state index in [1.54, 1.807) is 0 Å². The van der Waals surface area contributed by atoms with Crippen LogP contribution >= 0.6 is 0 Å². The number of aryl methyl sites for hydroxylation is 2.